The van der Waals surface area contributed by atoms with Gasteiger partial charge in [-0.3, -0.25) is 0 Å². The van der Waals surface area contributed by atoms with E-state index in [4.69, 9.17) is 14.2 Å². The molecule has 0 amide bonds. The summed E-state index contributed by atoms with van der Waals surface area (Å²) in [5, 5.41) is 0. The zero-order valence-electron chi connectivity index (χ0n) is 13.5. The van der Waals surface area contributed by atoms with Crippen molar-refractivity contribution in [3.05, 3.63) is 77.5 Å². The van der Waals surface area contributed by atoms with Crippen LogP contribution in [-0.4, -0.2) is 23.9 Å². The topological polar surface area (TPSA) is 53.5 Å². The third kappa shape index (κ3) is 2.76. The summed E-state index contributed by atoms with van der Waals surface area (Å²) in [6.07, 6.45) is 3.12. The average molecular weight is 338 g/mol. The summed E-state index contributed by atoms with van der Waals surface area (Å²) >= 11 is 0. The van der Waals surface area contributed by atoms with Gasteiger partial charge in [-0.15, -0.1) is 0 Å². The van der Waals surface area contributed by atoms with E-state index in [0.29, 0.717) is 17.4 Å². The van der Waals surface area contributed by atoms with Crippen LogP contribution in [-0.2, 0) is 0 Å². The molecule has 5 nitrogen and oxygen atoms in total. The van der Waals surface area contributed by atoms with Crippen molar-refractivity contribution in [1.82, 2.24) is 9.97 Å². The van der Waals surface area contributed by atoms with Crippen molar-refractivity contribution in [2.24, 2.45) is 0 Å². The van der Waals surface area contributed by atoms with Crippen molar-refractivity contribution in [3.63, 3.8) is 0 Å². The predicted molar refractivity (Wildman–Crippen MR) is 88.5 cm³/mol. The van der Waals surface area contributed by atoms with E-state index in [2.05, 4.69) is 9.97 Å². The lowest BCUT2D eigenvalue weighted by atomic mass is 9.85. The molecule has 1 unspecified atom stereocenters. The maximum atomic E-state index is 13.7. The highest BCUT2D eigenvalue weighted by atomic mass is 19.1. The van der Waals surface area contributed by atoms with E-state index in [1.165, 1.54) is 18.5 Å². The Morgan fingerprint density at radius 2 is 1.84 bits per heavy atom. The van der Waals surface area contributed by atoms with Crippen LogP contribution in [0, 0.1) is 5.82 Å². The number of aromatic nitrogens is 2. The van der Waals surface area contributed by atoms with Crippen LogP contribution in [0.4, 0.5) is 4.39 Å². The monoisotopic (exact) mass is 338 g/mol. The van der Waals surface area contributed by atoms with Crippen LogP contribution in [0.3, 0.4) is 0 Å². The van der Waals surface area contributed by atoms with Gasteiger partial charge < -0.3 is 14.2 Å². The highest BCUT2D eigenvalue weighted by Gasteiger charge is 2.29. The molecule has 1 atom stereocenters. The molecule has 0 radical (unpaired) electrons. The minimum atomic E-state index is -0.373. The van der Waals surface area contributed by atoms with Gasteiger partial charge in [-0.05, 0) is 12.1 Å². The molecule has 2 aromatic carbocycles. The van der Waals surface area contributed by atoms with E-state index in [1.54, 1.807) is 19.4 Å². The fourth-order valence-corrected chi connectivity index (χ4v) is 3.08. The molecular weight excluding hydrogens is 323 g/mol. The number of rotatable bonds is 2. The summed E-state index contributed by atoms with van der Waals surface area (Å²) in [7, 11) is 1.55. The number of fused-ring (bicyclic) bond motifs is 2. The third-order valence-corrected chi connectivity index (χ3v) is 4.15. The molecule has 0 spiro atoms. The molecule has 4 rings (SSSR count). The van der Waals surface area contributed by atoms with Crippen molar-refractivity contribution in [2.45, 2.75) is 5.92 Å². The Kier molecular flexibility index (Phi) is 3.93. The first kappa shape index (κ1) is 15.4. The van der Waals surface area contributed by atoms with Crippen LogP contribution in [0.5, 0.6) is 17.4 Å². The maximum Gasteiger partial charge on any atom is 0.230 e. The SMILES string of the molecule is COc1ncncc1C1c2ccccc2OCOc2cc(F)ccc21. The Morgan fingerprint density at radius 3 is 2.72 bits per heavy atom. The molecule has 0 N–H and O–H groups in total. The minimum Gasteiger partial charge on any atom is -0.481 e. The van der Waals surface area contributed by atoms with Crippen LogP contribution in [0.2, 0.25) is 0 Å². The molecule has 0 fully saturated rings. The van der Waals surface area contributed by atoms with Gasteiger partial charge >= 0.3 is 0 Å². The molecule has 126 valence electrons. The first-order chi connectivity index (χ1) is 12.3. The molecule has 0 saturated heterocycles. The van der Waals surface area contributed by atoms with E-state index in [9.17, 15) is 4.39 Å². The second-order valence-electron chi connectivity index (χ2n) is 5.55. The van der Waals surface area contributed by atoms with E-state index in [-0.39, 0.29) is 18.5 Å². The number of methoxy groups -OCH3 is 1. The van der Waals surface area contributed by atoms with Gasteiger partial charge in [-0.2, -0.15) is 0 Å². The number of hydrogen-bond acceptors (Lipinski definition) is 5. The summed E-state index contributed by atoms with van der Waals surface area (Å²) in [5.41, 5.74) is 2.46. The molecule has 2 heterocycles. The molecule has 0 saturated carbocycles. The molecule has 3 aromatic rings. The van der Waals surface area contributed by atoms with E-state index < -0.39 is 0 Å². The van der Waals surface area contributed by atoms with Gasteiger partial charge in [0.2, 0.25) is 12.7 Å². The predicted octanol–water partition coefficient (Wildman–Crippen LogP) is 3.53. The van der Waals surface area contributed by atoms with Crippen LogP contribution in [0.15, 0.2) is 55.0 Å². The Labute approximate surface area is 144 Å². The molecule has 1 aromatic heterocycles. The normalized spacial score (nSPS) is 15.7. The number of nitrogens with zero attached hydrogens (tertiary/aromatic N) is 2. The summed E-state index contributed by atoms with van der Waals surface area (Å²) in [6.45, 7) is 0.00259. The Bertz CT molecular complexity index is 906. The lowest BCUT2D eigenvalue weighted by Gasteiger charge is -2.26. The van der Waals surface area contributed by atoms with Gasteiger partial charge in [-0.25, -0.2) is 14.4 Å². The summed E-state index contributed by atoms with van der Waals surface area (Å²) in [4.78, 5) is 8.34. The molecule has 1 aliphatic heterocycles. The maximum absolute atomic E-state index is 13.7. The Hall–Kier alpha value is -3.15. The van der Waals surface area contributed by atoms with Gasteiger partial charge in [0.1, 0.15) is 23.6 Å². The van der Waals surface area contributed by atoms with Gasteiger partial charge in [0.25, 0.3) is 0 Å². The first-order valence-corrected chi connectivity index (χ1v) is 7.76. The second-order valence-corrected chi connectivity index (χ2v) is 5.55. The molecule has 1 aliphatic rings. The highest BCUT2D eigenvalue weighted by molar-refractivity contribution is 5.55. The number of para-hydroxylation sites is 1. The molecular formula is C19H15FN2O3. The number of ether oxygens (including phenoxy) is 3. The minimum absolute atomic E-state index is 0.00259. The number of hydrogen-bond donors (Lipinski definition) is 0. The number of benzene rings is 2. The zero-order chi connectivity index (χ0) is 17.2. The van der Waals surface area contributed by atoms with E-state index in [0.717, 1.165) is 16.7 Å². The van der Waals surface area contributed by atoms with Gasteiger partial charge in [0.15, 0.2) is 0 Å². The smallest absolute Gasteiger partial charge is 0.230 e. The average Bonchev–Trinajstić information content (AvgIpc) is 2.63. The van der Waals surface area contributed by atoms with Crippen molar-refractivity contribution in [3.8, 4) is 17.4 Å². The summed E-state index contributed by atoms with van der Waals surface area (Å²) < 4.78 is 30.5. The van der Waals surface area contributed by atoms with Gasteiger partial charge in [0.05, 0.1) is 7.11 Å². The quantitative estimate of drug-likeness (QED) is 0.715. The molecule has 25 heavy (non-hydrogen) atoms. The molecule has 0 bridgehead atoms. The lowest BCUT2D eigenvalue weighted by molar-refractivity contribution is 0.114. The largest absolute Gasteiger partial charge is 0.481 e. The lowest BCUT2D eigenvalue weighted by Crippen LogP contribution is -2.17. The second kappa shape index (κ2) is 6.39. The van der Waals surface area contributed by atoms with Crippen LogP contribution in [0.25, 0.3) is 0 Å². The van der Waals surface area contributed by atoms with Crippen LogP contribution in [0.1, 0.15) is 22.6 Å². The van der Waals surface area contributed by atoms with Gasteiger partial charge in [-0.1, -0.05) is 24.3 Å². The van der Waals surface area contributed by atoms with Crippen molar-refractivity contribution in [1.29, 1.82) is 0 Å². The summed E-state index contributed by atoms with van der Waals surface area (Å²) in [5.74, 6) is 0.871. The van der Waals surface area contributed by atoms with Crippen molar-refractivity contribution < 1.29 is 18.6 Å². The standard InChI is InChI=1S/C19H15FN2O3/c1-23-19-15(9-21-10-22-19)18-13-4-2-3-5-16(13)24-11-25-17-8-12(20)6-7-14(17)18/h2-10,18H,11H2,1H3. The van der Waals surface area contributed by atoms with Crippen LogP contribution >= 0.6 is 0 Å². The van der Waals surface area contributed by atoms with Crippen LogP contribution < -0.4 is 14.2 Å². The van der Waals surface area contributed by atoms with Crippen molar-refractivity contribution in [2.75, 3.05) is 13.9 Å². The Morgan fingerprint density at radius 1 is 1.04 bits per heavy atom. The third-order valence-electron chi connectivity index (χ3n) is 4.15. The van der Waals surface area contributed by atoms with E-state index in [1.807, 2.05) is 24.3 Å². The van der Waals surface area contributed by atoms with Gasteiger partial charge in [0, 0.05) is 34.9 Å². The first-order valence-electron chi connectivity index (χ1n) is 7.76. The summed E-state index contributed by atoms with van der Waals surface area (Å²) in [6, 6.07) is 12.1. The number of halogens is 1. The highest BCUT2D eigenvalue weighted by Crippen LogP contribution is 2.44. The zero-order valence-corrected chi connectivity index (χ0v) is 13.5. The fourth-order valence-electron chi connectivity index (χ4n) is 3.08. The molecule has 6 heteroatoms. The Balaban J connectivity index is 2.00. The fraction of sp³-hybridized carbons (Fsp3) is 0.158. The van der Waals surface area contributed by atoms with E-state index >= 15 is 0 Å². The van der Waals surface area contributed by atoms with Crippen molar-refractivity contribution >= 4 is 0 Å². The molecule has 0 aliphatic carbocycles.